The maximum Gasteiger partial charge on any atom is 0.217 e. The highest BCUT2D eigenvalue weighted by molar-refractivity contribution is 7.90. The number of rotatable bonds is 6. The number of nitrogens with one attached hydrogen (secondary N) is 1. The van der Waals surface area contributed by atoms with Crippen LogP contribution < -0.4 is 4.72 Å². The zero-order chi connectivity index (χ0) is 14.6. The summed E-state index contributed by atoms with van der Waals surface area (Å²) in [6.45, 7) is 3.67. The van der Waals surface area contributed by atoms with Crippen LogP contribution in [-0.4, -0.2) is 57.5 Å². The van der Waals surface area contributed by atoms with Gasteiger partial charge in [0.05, 0.1) is 6.10 Å². The van der Waals surface area contributed by atoms with E-state index < -0.39 is 10.0 Å². The van der Waals surface area contributed by atoms with E-state index in [9.17, 15) is 8.42 Å². The fourth-order valence-electron chi connectivity index (χ4n) is 3.30. The number of hydrogen-bond donors (Lipinski definition) is 1. The third-order valence-electron chi connectivity index (χ3n) is 4.67. The van der Waals surface area contributed by atoms with Gasteiger partial charge in [-0.2, -0.15) is 0 Å². The molecule has 0 aromatic carbocycles. The van der Waals surface area contributed by atoms with E-state index in [1.54, 1.807) is 0 Å². The first-order chi connectivity index (χ1) is 9.50. The van der Waals surface area contributed by atoms with Gasteiger partial charge >= 0.3 is 0 Å². The first kappa shape index (κ1) is 16.2. The van der Waals surface area contributed by atoms with E-state index in [1.807, 2.05) is 6.92 Å². The molecule has 2 aliphatic rings. The highest BCUT2D eigenvalue weighted by Crippen LogP contribution is 2.22. The molecule has 1 aliphatic carbocycles. The van der Waals surface area contributed by atoms with Crippen molar-refractivity contribution in [3.05, 3.63) is 0 Å². The molecule has 0 radical (unpaired) electrons. The Morgan fingerprint density at radius 3 is 2.50 bits per heavy atom. The van der Waals surface area contributed by atoms with E-state index in [0.29, 0.717) is 25.6 Å². The Hall–Kier alpha value is -0.170. The maximum absolute atomic E-state index is 12.2. The van der Waals surface area contributed by atoms with Crippen LogP contribution in [-0.2, 0) is 14.8 Å². The molecule has 0 aromatic heterocycles. The van der Waals surface area contributed by atoms with Gasteiger partial charge in [0.15, 0.2) is 0 Å². The van der Waals surface area contributed by atoms with Gasteiger partial charge in [0.1, 0.15) is 5.25 Å². The van der Waals surface area contributed by atoms with Gasteiger partial charge in [-0.3, -0.25) is 0 Å². The fourth-order valence-corrected chi connectivity index (χ4v) is 4.87. The molecule has 2 atom stereocenters. The van der Waals surface area contributed by atoms with E-state index in [-0.39, 0.29) is 11.4 Å². The van der Waals surface area contributed by atoms with Gasteiger partial charge in [-0.15, -0.1) is 0 Å². The van der Waals surface area contributed by atoms with Gasteiger partial charge in [-0.1, -0.05) is 19.3 Å². The molecule has 20 heavy (non-hydrogen) atoms. The third-order valence-corrected chi connectivity index (χ3v) is 6.69. The Morgan fingerprint density at radius 1 is 1.20 bits per heavy atom. The van der Waals surface area contributed by atoms with Crippen molar-refractivity contribution >= 4 is 10.0 Å². The number of hydrogen-bond acceptors (Lipinski definition) is 4. The lowest BCUT2D eigenvalue weighted by Gasteiger charge is -2.31. The molecule has 1 heterocycles. The van der Waals surface area contributed by atoms with Crippen molar-refractivity contribution in [2.45, 2.75) is 62.8 Å². The molecular weight excluding hydrogens is 276 g/mol. The smallest absolute Gasteiger partial charge is 0.217 e. The molecular formula is C14H28N2O3S. The summed E-state index contributed by atoms with van der Waals surface area (Å²) in [4.78, 5) is 2.30. The molecule has 2 unspecified atom stereocenters. The molecule has 0 spiro atoms. The minimum Gasteiger partial charge on any atom is -0.377 e. The van der Waals surface area contributed by atoms with Gasteiger partial charge in [-0.25, -0.2) is 13.1 Å². The number of ether oxygens (including phenoxy) is 1. The fraction of sp³-hybridized carbons (Fsp3) is 1.00. The third kappa shape index (κ3) is 4.16. The van der Waals surface area contributed by atoms with Crippen LogP contribution >= 0.6 is 0 Å². The van der Waals surface area contributed by atoms with Crippen LogP contribution in [0, 0.1) is 0 Å². The SMILES string of the molecule is CC1OCCC1S(=O)(=O)NCCN(C)C1CCCCC1. The van der Waals surface area contributed by atoms with Gasteiger partial charge in [0, 0.05) is 25.7 Å². The molecule has 6 heteroatoms. The van der Waals surface area contributed by atoms with Gasteiger partial charge < -0.3 is 9.64 Å². The molecule has 1 saturated heterocycles. The Morgan fingerprint density at radius 2 is 1.90 bits per heavy atom. The van der Waals surface area contributed by atoms with Crippen LogP contribution in [0.1, 0.15) is 45.4 Å². The highest BCUT2D eigenvalue weighted by atomic mass is 32.2. The molecule has 1 saturated carbocycles. The minimum atomic E-state index is -3.24. The zero-order valence-corrected chi connectivity index (χ0v) is 13.5. The number of likely N-dealkylation sites (N-methyl/N-ethyl adjacent to an activating group) is 1. The average Bonchev–Trinajstić information content (AvgIpc) is 2.86. The van der Waals surface area contributed by atoms with E-state index in [0.717, 1.165) is 6.54 Å². The Balaban J connectivity index is 1.74. The Kier molecular flexibility index (Phi) is 5.84. The quantitative estimate of drug-likeness (QED) is 0.805. The predicted octanol–water partition coefficient (Wildman–Crippen LogP) is 1.35. The summed E-state index contributed by atoms with van der Waals surface area (Å²) in [5.41, 5.74) is 0. The number of nitrogens with zero attached hydrogens (tertiary/aromatic N) is 1. The lowest BCUT2D eigenvalue weighted by Crippen LogP contribution is -2.43. The van der Waals surface area contributed by atoms with Gasteiger partial charge in [-0.05, 0) is 33.2 Å². The normalized spacial score (nSPS) is 29.1. The first-order valence-electron chi connectivity index (χ1n) is 7.81. The Bertz CT molecular complexity index is 393. The summed E-state index contributed by atoms with van der Waals surface area (Å²) in [5.74, 6) is 0. The van der Waals surface area contributed by atoms with Crippen LogP contribution in [0.4, 0.5) is 0 Å². The molecule has 2 rings (SSSR count). The van der Waals surface area contributed by atoms with Crippen LogP contribution in [0.15, 0.2) is 0 Å². The molecule has 2 fully saturated rings. The van der Waals surface area contributed by atoms with Crippen molar-refractivity contribution in [3.8, 4) is 0 Å². The molecule has 1 N–H and O–H groups in total. The van der Waals surface area contributed by atoms with Crippen LogP contribution in [0.2, 0.25) is 0 Å². The van der Waals surface area contributed by atoms with Crippen molar-refractivity contribution < 1.29 is 13.2 Å². The predicted molar refractivity (Wildman–Crippen MR) is 80.2 cm³/mol. The van der Waals surface area contributed by atoms with Crippen molar-refractivity contribution in [1.82, 2.24) is 9.62 Å². The summed E-state index contributed by atoms with van der Waals surface area (Å²) < 4.78 is 32.5. The van der Waals surface area contributed by atoms with Crippen molar-refractivity contribution in [2.24, 2.45) is 0 Å². The van der Waals surface area contributed by atoms with Crippen LogP contribution in [0.5, 0.6) is 0 Å². The lowest BCUT2D eigenvalue weighted by atomic mass is 9.94. The van der Waals surface area contributed by atoms with Crippen molar-refractivity contribution in [2.75, 3.05) is 26.7 Å². The lowest BCUT2D eigenvalue weighted by molar-refractivity contribution is 0.126. The minimum absolute atomic E-state index is 0.191. The summed E-state index contributed by atoms with van der Waals surface area (Å²) in [6.07, 6.45) is 6.86. The molecule has 0 bridgehead atoms. The van der Waals surface area contributed by atoms with Gasteiger partial charge in [0.2, 0.25) is 10.0 Å². The Labute approximate surface area is 123 Å². The number of sulfonamides is 1. The molecule has 118 valence electrons. The summed E-state index contributed by atoms with van der Waals surface area (Å²) in [5, 5.41) is -0.387. The summed E-state index contributed by atoms with van der Waals surface area (Å²) in [7, 11) is -1.13. The zero-order valence-electron chi connectivity index (χ0n) is 12.7. The second kappa shape index (κ2) is 7.20. The van der Waals surface area contributed by atoms with Crippen LogP contribution in [0.25, 0.3) is 0 Å². The van der Waals surface area contributed by atoms with Crippen molar-refractivity contribution in [1.29, 1.82) is 0 Å². The molecule has 0 amide bonds. The van der Waals surface area contributed by atoms with E-state index in [4.69, 9.17) is 4.74 Å². The summed E-state index contributed by atoms with van der Waals surface area (Å²) in [6, 6.07) is 0.627. The second-order valence-electron chi connectivity index (χ2n) is 6.11. The average molecular weight is 304 g/mol. The highest BCUT2D eigenvalue weighted by Gasteiger charge is 2.35. The topological polar surface area (TPSA) is 58.6 Å². The van der Waals surface area contributed by atoms with Crippen molar-refractivity contribution in [3.63, 3.8) is 0 Å². The van der Waals surface area contributed by atoms with Crippen LogP contribution in [0.3, 0.4) is 0 Å². The standard InChI is InChI=1S/C14H28N2O3S/c1-12-14(8-11-19-12)20(17,18)15-9-10-16(2)13-6-4-3-5-7-13/h12-15H,3-11H2,1-2H3. The monoisotopic (exact) mass is 304 g/mol. The first-order valence-corrected chi connectivity index (χ1v) is 9.35. The largest absolute Gasteiger partial charge is 0.377 e. The second-order valence-corrected chi connectivity index (χ2v) is 8.10. The summed E-state index contributed by atoms with van der Waals surface area (Å²) >= 11 is 0. The molecule has 0 aromatic rings. The van der Waals surface area contributed by atoms with E-state index in [1.165, 1.54) is 32.1 Å². The van der Waals surface area contributed by atoms with E-state index in [2.05, 4.69) is 16.7 Å². The molecule has 5 nitrogen and oxygen atoms in total. The van der Waals surface area contributed by atoms with Gasteiger partial charge in [0.25, 0.3) is 0 Å². The maximum atomic E-state index is 12.2. The van der Waals surface area contributed by atoms with E-state index >= 15 is 0 Å². The molecule has 1 aliphatic heterocycles.